The first-order valence-corrected chi connectivity index (χ1v) is 13.3. The summed E-state index contributed by atoms with van der Waals surface area (Å²) in [5.41, 5.74) is 5.31. The average Bonchev–Trinajstić information content (AvgIpc) is 2.21. The summed E-state index contributed by atoms with van der Waals surface area (Å²) >= 11 is 0. The summed E-state index contributed by atoms with van der Waals surface area (Å²) in [7, 11) is -1.80. The number of carbonyl (C=O) groups is 1. The molecule has 0 aromatic heterocycles. The molecule has 0 rings (SSSR count). The van der Waals surface area contributed by atoms with E-state index in [9.17, 15) is 4.79 Å². The predicted molar refractivity (Wildman–Crippen MR) is 86.8 cm³/mol. The van der Waals surface area contributed by atoms with Gasteiger partial charge in [0.2, 0.25) is 0 Å². The van der Waals surface area contributed by atoms with Gasteiger partial charge in [0.15, 0.2) is 0 Å². The number of hydrogen-bond acceptors (Lipinski definition) is 2. The molecule has 0 aliphatic rings. The topological polar surface area (TPSA) is 46.5 Å². The van der Waals surface area contributed by atoms with Crippen LogP contribution in [-0.2, 0) is 4.74 Å². The summed E-state index contributed by atoms with van der Waals surface area (Å²) < 4.78 is 5.20. The molecular formula is C12H28O3Si3. The molecule has 0 bridgehead atoms. The quantitative estimate of drug-likeness (QED) is 0.446. The molecule has 0 unspecified atom stereocenters. The number of hydrogen-bond donors (Lipinski definition) is 1. The average molecular weight is 305 g/mol. The fourth-order valence-corrected chi connectivity index (χ4v) is 12.9. The highest BCUT2D eigenvalue weighted by Gasteiger charge is 2.39. The minimum absolute atomic E-state index is 0.0388. The number of rotatable bonds is 7. The Bertz CT molecular complexity index is 308. The molecule has 106 valence electrons. The number of allylic oxidation sites excluding steroid dienone is 1. The van der Waals surface area contributed by atoms with Gasteiger partial charge in [0.05, 0.1) is 14.3 Å². The molecule has 0 radical (unpaired) electrons. The van der Waals surface area contributed by atoms with Gasteiger partial charge in [0, 0.05) is 19.0 Å². The molecule has 0 saturated carbocycles. The Hall–Kier alpha value is -0.339. The van der Waals surface area contributed by atoms with Gasteiger partial charge < -0.3 is 9.84 Å². The molecule has 0 saturated heterocycles. The van der Waals surface area contributed by atoms with Crippen molar-refractivity contribution in [1.29, 1.82) is 0 Å². The largest absolute Gasteiger partial charge is 0.505 e. The lowest BCUT2D eigenvalue weighted by atomic mass is 10.4. The van der Waals surface area contributed by atoms with Crippen molar-refractivity contribution in [3.8, 4) is 0 Å². The van der Waals surface area contributed by atoms with Crippen LogP contribution in [0.25, 0.3) is 0 Å². The van der Waals surface area contributed by atoms with E-state index in [-0.39, 0.29) is 19.0 Å². The molecule has 0 aliphatic carbocycles. The van der Waals surface area contributed by atoms with Gasteiger partial charge in [-0.15, -0.1) is 5.70 Å². The molecule has 0 aromatic rings. The second-order valence-electron chi connectivity index (χ2n) is 6.50. The van der Waals surface area contributed by atoms with Crippen molar-refractivity contribution < 1.29 is 14.6 Å². The summed E-state index contributed by atoms with van der Waals surface area (Å²) in [5, 5.41) is 8.63. The molecule has 0 aromatic carbocycles. The van der Waals surface area contributed by atoms with Crippen molar-refractivity contribution in [3.63, 3.8) is 0 Å². The third-order valence-electron chi connectivity index (χ3n) is 3.95. The van der Waals surface area contributed by atoms with E-state index in [1.807, 2.05) is 0 Å². The van der Waals surface area contributed by atoms with E-state index in [1.54, 1.807) is 0 Å². The van der Waals surface area contributed by atoms with Crippen LogP contribution in [0.2, 0.25) is 23.4 Å². The Morgan fingerprint density at radius 2 is 1.94 bits per heavy atom. The van der Waals surface area contributed by atoms with E-state index < -0.39 is 14.2 Å². The van der Waals surface area contributed by atoms with E-state index in [4.69, 9.17) is 9.84 Å². The standard InChI is InChI=1S/C12H28O3Si3/c1-10(2)7-16-9-17-12(3,4)18(5,6)8-15-11(13)14/h7H,8-9,16-17H2,1-6H3,(H,13,14). The van der Waals surface area contributed by atoms with Crippen LogP contribution >= 0.6 is 0 Å². The molecule has 0 heterocycles. The first-order valence-electron chi connectivity index (χ1n) is 6.57. The van der Waals surface area contributed by atoms with Crippen molar-refractivity contribution in [2.45, 2.75) is 51.1 Å². The maximum Gasteiger partial charge on any atom is 0.505 e. The maximum absolute atomic E-state index is 10.5. The highest BCUT2D eigenvalue weighted by molar-refractivity contribution is 6.89. The molecule has 0 fully saturated rings. The molecule has 0 aliphatic heterocycles. The fraction of sp³-hybridized carbons (Fsp3) is 0.750. The third kappa shape index (κ3) is 6.55. The van der Waals surface area contributed by atoms with Crippen LogP contribution in [0.15, 0.2) is 11.3 Å². The lowest BCUT2D eigenvalue weighted by Crippen LogP contribution is -2.47. The van der Waals surface area contributed by atoms with Gasteiger partial charge in [-0.2, -0.15) is 0 Å². The fourth-order valence-electron chi connectivity index (χ4n) is 1.71. The number of carboxylic acid groups (broad SMARTS) is 1. The second-order valence-corrected chi connectivity index (χ2v) is 18.7. The maximum atomic E-state index is 10.5. The minimum atomic E-state index is -1.61. The van der Waals surface area contributed by atoms with Crippen LogP contribution in [0.5, 0.6) is 0 Å². The summed E-state index contributed by atoms with van der Waals surface area (Å²) in [6, 6.07) is 0. The minimum Gasteiger partial charge on any atom is -0.450 e. The zero-order valence-corrected chi connectivity index (χ0v) is 16.5. The van der Waals surface area contributed by atoms with Crippen molar-refractivity contribution in [2.75, 3.05) is 6.23 Å². The molecule has 0 amide bonds. The Morgan fingerprint density at radius 3 is 2.39 bits per heavy atom. The predicted octanol–water partition coefficient (Wildman–Crippen LogP) is 2.30. The van der Waals surface area contributed by atoms with E-state index in [0.29, 0.717) is 10.9 Å². The Labute approximate surface area is 117 Å². The van der Waals surface area contributed by atoms with Crippen LogP contribution in [-0.4, -0.2) is 44.6 Å². The lowest BCUT2D eigenvalue weighted by molar-refractivity contribution is 0.105. The van der Waals surface area contributed by atoms with Crippen molar-refractivity contribution >= 4 is 33.3 Å². The SMILES string of the molecule is CC(C)=C[SiH2]C[SiH2]C(C)(C)[Si](C)(C)COC(=O)O. The van der Waals surface area contributed by atoms with E-state index in [2.05, 4.69) is 46.5 Å². The molecule has 0 atom stereocenters. The molecule has 3 nitrogen and oxygen atoms in total. The van der Waals surface area contributed by atoms with Crippen molar-refractivity contribution in [2.24, 2.45) is 0 Å². The van der Waals surface area contributed by atoms with Crippen molar-refractivity contribution in [3.05, 3.63) is 11.3 Å². The molecule has 1 N–H and O–H groups in total. The Balaban J connectivity index is 4.31. The van der Waals surface area contributed by atoms with Crippen LogP contribution < -0.4 is 0 Å². The van der Waals surface area contributed by atoms with Gasteiger partial charge in [0.1, 0.15) is 0 Å². The van der Waals surface area contributed by atoms with Crippen LogP contribution in [0.1, 0.15) is 27.7 Å². The van der Waals surface area contributed by atoms with Gasteiger partial charge in [-0.3, -0.25) is 0 Å². The van der Waals surface area contributed by atoms with Crippen LogP contribution in [0.3, 0.4) is 0 Å². The molecule has 18 heavy (non-hydrogen) atoms. The monoisotopic (exact) mass is 304 g/mol. The number of ether oxygens (including phenoxy) is 1. The first-order chi connectivity index (χ1) is 8.08. The zero-order chi connectivity index (χ0) is 14.4. The smallest absolute Gasteiger partial charge is 0.450 e. The van der Waals surface area contributed by atoms with E-state index >= 15 is 0 Å². The van der Waals surface area contributed by atoms with Gasteiger partial charge in [-0.05, 0) is 18.5 Å². The summed E-state index contributed by atoms with van der Waals surface area (Å²) in [6.45, 7) is 13.5. The summed E-state index contributed by atoms with van der Waals surface area (Å²) in [5.74, 6) is 0. The Kier molecular flexibility index (Phi) is 7.16. The van der Waals surface area contributed by atoms with Crippen molar-refractivity contribution in [1.82, 2.24) is 0 Å². The van der Waals surface area contributed by atoms with Gasteiger partial charge in [0.25, 0.3) is 0 Å². The van der Waals surface area contributed by atoms with E-state index in [0.717, 1.165) is 0 Å². The Morgan fingerprint density at radius 1 is 1.39 bits per heavy atom. The van der Waals surface area contributed by atoms with Gasteiger partial charge >= 0.3 is 6.16 Å². The first kappa shape index (κ1) is 17.7. The third-order valence-corrected chi connectivity index (χ3v) is 17.5. The molecule has 6 heteroatoms. The summed E-state index contributed by atoms with van der Waals surface area (Å²) in [4.78, 5) is 10.5. The zero-order valence-electron chi connectivity index (χ0n) is 12.7. The van der Waals surface area contributed by atoms with Gasteiger partial charge in [-0.1, -0.05) is 38.2 Å². The normalized spacial score (nSPS) is 13.4. The van der Waals surface area contributed by atoms with Crippen LogP contribution in [0.4, 0.5) is 4.79 Å². The molecule has 0 spiro atoms. The van der Waals surface area contributed by atoms with Crippen LogP contribution in [0, 0.1) is 0 Å². The molecular weight excluding hydrogens is 276 g/mol. The summed E-state index contributed by atoms with van der Waals surface area (Å²) in [6.07, 6.45) is -0.695. The lowest BCUT2D eigenvalue weighted by Gasteiger charge is -2.39. The second kappa shape index (κ2) is 7.30. The highest BCUT2D eigenvalue weighted by Crippen LogP contribution is 2.36. The highest BCUT2D eigenvalue weighted by atomic mass is 28.4. The van der Waals surface area contributed by atoms with Gasteiger partial charge in [-0.25, -0.2) is 4.79 Å². The van der Waals surface area contributed by atoms with E-state index in [1.165, 1.54) is 11.2 Å².